The summed E-state index contributed by atoms with van der Waals surface area (Å²) >= 11 is 0. The van der Waals surface area contributed by atoms with E-state index in [0.29, 0.717) is 29.7 Å². The van der Waals surface area contributed by atoms with E-state index in [1.807, 2.05) is 90.6 Å². The molecule has 3 heterocycles. The molecular formula is C45H37N5O8S. The molecule has 2 bridgehead atoms. The SMILES string of the molecule is CN1CC[C@]23c4c5c(-c6ccc(S(=O)(=O)NC(=O)/C=C/c7cn(-c8ccccc8)nc7-c7ccc8ccccc8c7)cc6[N+](=O)[O-])cc(O)c4O[C@H]2[C@@H](O)C=C[C@H]3[C@H]1C5. The van der Waals surface area contributed by atoms with E-state index in [4.69, 9.17) is 9.84 Å². The number of sulfonamides is 1. The van der Waals surface area contributed by atoms with Gasteiger partial charge in [0, 0.05) is 52.4 Å². The molecule has 13 nitrogen and oxygen atoms in total. The van der Waals surface area contributed by atoms with Crippen molar-refractivity contribution in [3.8, 4) is 39.6 Å². The molecule has 3 N–H and O–H groups in total. The molecule has 1 saturated heterocycles. The number of aliphatic hydroxyl groups excluding tert-OH is 1. The minimum Gasteiger partial charge on any atom is -0.504 e. The predicted octanol–water partition coefficient (Wildman–Crippen LogP) is 6.30. The number of nitro benzene ring substituents is 1. The third-order valence-corrected chi connectivity index (χ3v) is 13.8. The molecule has 6 aromatic rings. The topological polar surface area (TPSA) is 177 Å². The largest absolute Gasteiger partial charge is 0.504 e. The summed E-state index contributed by atoms with van der Waals surface area (Å²) in [6, 6.07) is 28.1. The number of ether oxygens (including phenoxy) is 1. The van der Waals surface area contributed by atoms with Gasteiger partial charge in [-0.05, 0) is 90.8 Å². The van der Waals surface area contributed by atoms with Gasteiger partial charge in [0.05, 0.1) is 26.8 Å². The Kier molecular flexibility index (Phi) is 8.39. The molecule has 0 saturated carbocycles. The third kappa shape index (κ3) is 5.77. The molecule has 2 aliphatic carbocycles. The summed E-state index contributed by atoms with van der Waals surface area (Å²) in [5, 5.41) is 42.0. The Balaban J connectivity index is 0.976. The minimum absolute atomic E-state index is 0.00125. The Bertz CT molecular complexity index is 2930. The van der Waals surface area contributed by atoms with E-state index < -0.39 is 49.1 Å². The van der Waals surface area contributed by atoms with Crippen LogP contribution in [0.25, 0.3) is 44.9 Å². The van der Waals surface area contributed by atoms with E-state index in [1.54, 1.807) is 17.0 Å². The van der Waals surface area contributed by atoms with Crippen LogP contribution in [0.15, 0.2) is 126 Å². The average Bonchev–Trinajstić information content (AvgIpc) is 3.83. The second-order valence-corrected chi connectivity index (χ2v) is 17.3. The zero-order valence-electron chi connectivity index (χ0n) is 31.6. The Morgan fingerprint density at radius 3 is 2.58 bits per heavy atom. The molecule has 10 rings (SSSR count). The van der Waals surface area contributed by atoms with Crippen LogP contribution >= 0.6 is 0 Å². The first-order valence-corrected chi connectivity index (χ1v) is 20.7. The van der Waals surface area contributed by atoms with Gasteiger partial charge >= 0.3 is 0 Å². The second kappa shape index (κ2) is 13.5. The number of likely N-dealkylation sites (tertiary alicyclic amines) is 1. The Hall–Kier alpha value is -6.61. The fourth-order valence-electron chi connectivity index (χ4n) is 9.79. The monoisotopic (exact) mass is 807 g/mol. The van der Waals surface area contributed by atoms with Gasteiger partial charge in [-0.25, -0.2) is 17.8 Å². The molecule has 0 unspecified atom stereocenters. The Labute approximate surface area is 338 Å². The van der Waals surface area contributed by atoms with Crippen LogP contribution in [0.1, 0.15) is 23.1 Å². The summed E-state index contributed by atoms with van der Waals surface area (Å²) in [4.78, 5) is 27.1. The predicted molar refractivity (Wildman–Crippen MR) is 221 cm³/mol. The van der Waals surface area contributed by atoms with Crippen molar-refractivity contribution in [2.45, 2.75) is 41.4 Å². The summed E-state index contributed by atoms with van der Waals surface area (Å²) in [7, 11) is -2.57. The van der Waals surface area contributed by atoms with Gasteiger partial charge in [0.25, 0.3) is 21.6 Å². The van der Waals surface area contributed by atoms with Crippen molar-refractivity contribution in [1.82, 2.24) is 19.4 Å². The van der Waals surface area contributed by atoms with Crippen LogP contribution in [0.4, 0.5) is 5.69 Å². The van der Waals surface area contributed by atoms with Crippen LogP contribution in [-0.4, -0.2) is 76.0 Å². The van der Waals surface area contributed by atoms with Crippen molar-refractivity contribution in [3.05, 3.63) is 148 Å². The number of rotatable bonds is 8. The van der Waals surface area contributed by atoms with Crippen LogP contribution in [0, 0.1) is 16.0 Å². The Morgan fingerprint density at radius 2 is 1.78 bits per heavy atom. The van der Waals surface area contributed by atoms with E-state index in [2.05, 4.69) is 4.90 Å². The standard InChI is InChI=1S/C45H37N5O8S/c1-48-20-19-45-35-16-17-38(51)44(45)58-43-39(52)24-33(34(41(43)45)23-37(35)48)32-15-14-31(22-36(32)50(54)55)59(56,57)47-40(53)18-13-29-25-49(30-9-3-2-4-10-30)46-42(29)28-12-11-26-7-5-6-8-27(26)21-28/h2-18,21-22,24-25,35,37-38,44,51-52H,19-20,23H2,1H3,(H,47,53)/b18-13+/t35-,37+,38-,44-,45-/m0/s1. The van der Waals surface area contributed by atoms with E-state index in [0.717, 1.165) is 51.8 Å². The molecule has 2 aliphatic heterocycles. The number of aromatic nitrogens is 2. The van der Waals surface area contributed by atoms with Crippen molar-refractivity contribution in [1.29, 1.82) is 0 Å². The number of phenolic OH excluding ortho intramolecular Hbond substituents is 1. The smallest absolute Gasteiger partial charge is 0.278 e. The van der Waals surface area contributed by atoms with E-state index in [-0.39, 0.29) is 29.0 Å². The van der Waals surface area contributed by atoms with E-state index >= 15 is 0 Å². The average molecular weight is 808 g/mol. The van der Waals surface area contributed by atoms with Crippen molar-refractivity contribution >= 4 is 38.5 Å². The molecule has 1 aromatic heterocycles. The first-order valence-electron chi connectivity index (χ1n) is 19.2. The zero-order valence-corrected chi connectivity index (χ0v) is 32.4. The van der Waals surface area contributed by atoms with Gasteiger partial charge in [-0.1, -0.05) is 66.7 Å². The van der Waals surface area contributed by atoms with Gasteiger partial charge in [0.2, 0.25) is 0 Å². The molecule has 0 radical (unpaired) electrons. The number of aromatic hydroxyl groups is 1. The van der Waals surface area contributed by atoms with E-state index in [9.17, 15) is 33.5 Å². The molecule has 5 aromatic carbocycles. The van der Waals surface area contributed by atoms with Gasteiger partial charge in [-0.3, -0.25) is 14.9 Å². The first-order chi connectivity index (χ1) is 28.4. The number of hydrogen-bond donors (Lipinski definition) is 3. The van der Waals surface area contributed by atoms with Crippen LogP contribution in [0.2, 0.25) is 0 Å². The summed E-state index contributed by atoms with van der Waals surface area (Å²) < 4.78 is 37.4. The van der Waals surface area contributed by atoms with Gasteiger partial charge < -0.3 is 19.8 Å². The number of likely N-dealkylation sites (N-methyl/N-ethyl adjacent to an activating group) is 1. The van der Waals surface area contributed by atoms with Crippen molar-refractivity contribution in [2.75, 3.05) is 13.6 Å². The van der Waals surface area contributed by atoms with Crippen LogP contribution in [0.3, 0.4) is 0 Å². The molecule has 1 amide bonds. The fraction of sp³-hybridized carbons (Fsp3) is 0.200. The number of phenols is 1. The van der Waals surface area contributed by atoms with Gasteiger partial charge in [0.1, 0.15) is 12.2 Å². The fourth-order valence-corrected chi connectivity index (χ4v) is 10.8. The molecule has 14 heteroatoms. The normalized spacial score (nSPS) is 22.9. The number of carbonyl (C=O) groups is 1. The molecule has 1 fully saturated rings. The Morgan fingerprint density at radius 1 is 1.00 bits per heavy atom. The number of benzene rings is 5. The van der Waals surface area contributed by atoms with Crippen LogP contribution in [0.5, 0.6) is 11.5 Å². The highest BCUT2D eigenvalue weighted by Crippen LogP contribution is 2.64. The summed E-state index contributed by atoms with van der Waals surface area (Å²) in [6.45, 7) is 0.738. The number of nitrogens with zero attached hydrogens (tertiary/aromatic N) is 4. The summed E-state index contributed by atoms with van der Waals surface area (Å²) in [6.07, 6.45) is 7.68. The summed E-state index contributed by atoms with van der Waals surface area (Å²) in [5.41, 5.74) is 3.53. The number of amides is 1. The maximum atomic E-state index is 13.7. The number of aliphatic hydroxyl groups is 1. The number of hydrogen-bond acceptors (Lipinski definition) is 10. The number of nitro groups is 1. The quantitative estimate of drug-likeness (QED) is 0.0685. The lowest BCUT2D eigenvalue weighted by Crippen LogP contribution is -2.64. The van der Waals surface area contributed by atoms with Crippen molar-refractivity contribution < 1.29 is 33.1 Å². The maximum absolute atomic E-state index is 13.7. The second-order valence-electron chi connectivity index (χ2n) is 15.6. The zero-order chi connectivity index (χ0) is 40.8. The van der Waals surface area contributed by atoms with Crippen LogP contribution < -0.4 is 9.46 Å². The molecule has 296 valence electrons. The minimum atomic E-state index is -4.60. The molecular weight excluding hydrogens is 771 g/mol. The van der Waals surface area contributed by atoms with Gasteiger partial charge in [0.15, 0.2) is 11.5 Å². The van der Waals surface area contributed by atoms with E-state index in [1.165, 1.54) is 24.3 Å². The number of carbonyl (C=O) groups excluding carboxylic acids is 1. The highest BCUT2D eigenvalue weighted by Gasteiger charge is 2.64. The third-order valence-electron chi connectivity index (χ3n) is 12.5. The number of fused-ring (bicyclic) bond motifs is 1. The number of para-hydroxylation sites is 1. The van der Waals surface area contributed by atoms with Crippen molar-refractivity contribution in [3.63, 3.8) is 0 Å². The first kappa shape index (κ1) is 36.7. The highest BCUT2D eigenvalue weighted by atomic mass is 32.2. The lowest BCUT2D eigenvalue weighted by Gasteiger charge is -2.56. The van der Waals surface area contributed by atoms with Gasteiger partial charge in [-0.2, -0.15) is 5.10 Å². The molecule has 4 aliphatic rings. The summed E-state index contributed by atoms with van der Waals surface area (Å²) in [5.74, 6) is -0.916. The highest BCUT2D eigenvalue weighted by molar-refractivity contribution is 7.90. The van der Waals surface area contributed by atoms with Gasteiger partial charge in [-0.15, -0.1) is 0 Å². The molecule has 59 heavy (non-hydrogen) atoms. The number of piperidine rings is 1. The number of nitrogens with one attached hydrogen (secondary N) is 1. The lowest BCUT2D eigenvalue weighted by molar-refractivity contribution is -0.384. The maximum Gasteiger partial charge on any atom is 0.278 e. The lowest BCUT2D eigenvalue weighted by atomic mass is 9.53. The molecule has 5 atom stereocenters. The molecule has 1 spiro atoms. The van der Waals surface area contributed by atoms with Crippen LogP contribution in [-0.2, 0) is 26.7 Å². The van der Waals surface area contributed by atoms with Crippen molar-refractivity contribution in [2.24, 2.45) is 5.92 Å².